The van der Waals surface area contributed by atoms with Crippen molar-refractivity contribution in [3.63, 3.8) is 0 Å². The van der Waals surface area contributed by atoms with E-state index < -0.39 is 0 Å². The maximum Gasteiger partial charge on any atom is 0.261 e. The fourth-order valence-corrected chi connectivity index (χ4v) is 3.31. The van der Waals surface area contributed by atoms with E-state index in [-0.39, 0.29) is 5.56 Å². The lowest BCUT2D eigenvalue weighted by atomic mass is 10.3. The van der Waals surface area contributed by atoms with Crippen molar-refractivity contribution in [2.24, 2.45) is 0 Å². The van der Waals surface area contributed by atoms with Gasteiger partial charge in [0.25, 0.3) is 5.56 Å². The Morgan fingerprint density at radius 3 is 2.77 bits per heavy atom. The van der Waals surface area contributed by atoms with Gasteiger partial charge in [0.2, 0.25) is 5.95 Å². The van der Waals surface area contributed by atoms with Gasteiger partial charge in [-0.25, -0.2) is 15.0 Å². The molecule has 136 valence electrons. The quantitative estimate of drug-likeness (QED) is 0.734. The summed E-state index contributed by atoms with van der Waals surface area (Å²) in [6, 6.07) is 1.90. The Kier molecular flexibility index (Phi) is 4.66. The largest absolute Gasteiger partial charge is 0.348 e. The number of H-pyrrole nitrogens is 1. The highest BCUT2D eigenvalue weighted by Gasteiger charge is 2.18. The van der Waals surface area contributed by atoms with Gasteiger partial charge in [0, 0.05) is 63.4 Å². The minimum absolute atomic E-state index is 0.0515. The first-order chi connectivity index (χ1) is 12.7. The number of hydrogen-bond acceptors (Lipinski definition) is 6. The van der Waals surface area contributed by atoms with Crippen LogP contribution in [0.5, 0.6) is 0 Å². The van der Waals surface area contributed by atoms with Gasteiger partial charge in [-0.2, -0.15) is 0 Å². The molecular formula is C18H23N7O. The van der Waals surface area contributed by atoms with Crippen LogP contribution in [0.15, 0.2) is 35.8 Å². The Hall–Kier alpha value is -2.74. The van der Waals surface area contributed by atoms with E-state index in [9.17, 15) is 4.79 Å². The normalized spacial score (nSPS) is 15.7. The number of hydrogen-bond donors (Lipinski definition) is 1. The highest BCUT2D eigenvalue weighted by molar-refractivity contribution is 5.77. The van der Waals surface area contributed by atoms with Gasteiger partial charge in [0.1, 0.15) is 0 Å². The molecule has 0 amide bonds. The standard InChI is InChI=1S/C18H23N7O/c1-2-23-7-9-25(10-8-23)18-20-12-15-16(22-18)4-6-24(17(15)26)5-3-14-11-19-13-21-14/h4,6,11-13H,2-3,5,7-10H2,1H3,(H,19,21). The number of rotatable bonds is 5. The van der Waals surface area contributed by atoms with E-state index in [1.165, 1.54) is 0 Å². The first kappa shape index (κ1) is 16.7. The van der Waals surface area contributed by atoms with Crippen molar-refractivity contribution >= 4 is 16.9 Å². The summed E-state index contributed by atoms with van der Waals surface area (Å²) in [6.45, 7) is 7.73. The maximum atomic E-state index is 12.7. The number of aromatic nitrogens is 5. The van der Waals surface area contributed by atoms with Gasteiger partial charge in [-0.05, 0) is 12.6 Å². The molecular weight excluding hydrogens is 330 g/mol. The molecule has 0 saturated carbocycles. The number of nitrogens with zero attached hydrogens (tertiary/aromatic N) is 6. The van der Waals surface area contributed by atoms with Gasteiger partial charge in [-0.1, -0.05) is 6.92 Å². The molecule has 0 unspecified atom stereocenters. The zero-order chi connectivity index (χ0) is 17.9. The molecule has 1 N–H and O–H groups in total. The maximum absolute atomic E-state index is 12.7. The van der Waals surface area contributed by atoms with E-state index >= 15 is 0 Å². The van der Waals surface area contributed by atoms with E-state index in [2.05, 4.69) is 36.7 Å². The van der Waals surface area contributed by atoms with Gasteiger partial charge in [-0.3, -0.25) is 4.79 Å². The lowest BCUT2D eigenvalue weighted by Crippen LogP contribution is -2.46. The first-order valence-corrected chi connectivity index (χ1v) is 9.05. The van der Waals surface area contributed by atoms with Crippen molar-refractivity contribution in [3.8, 4) is 0 Å². The predicted molar refractivity (Wildman–Crippen MR) is 100 cm³/mol. The number of anilines is 1. The molecule has 8 nitrogen and oxygen atoms in total. The Morgan fingerprint density at radius 1 is 1.19 bits per heavy atom. The second-order valence-corrected chi connectivity index (χ2v) is 6.53. The molecule has 4 heterocycles. The third-order valence-corrected chi connectivity index (χ3v) is 4.99. The van der Waals surface area contributed by atoms with Crippen LogP contribution >= 0.6 is 0 Å². The zero-order valence-electron chi connectivity index (χ0n) is 14.9. The molecule has 0 aromatic carbocycles. The number of nitrogens with one attached hydrogen (secondary N) is 1. The van der Waals surface area contributed by atoms with Gasteiger partial charge in [0.15, 0.2) is 0 Å². The van der Waals surface area contributed by atoms with Crippen LogP contribution in [0.4, 0.5) is 5.95 Å². The fourth-order valence-electron chi connectivity index (χ4n) is 3.31. The summed E-state index contributed by atoms with van der Waals surface area (Å²) >= 11 is 0. The van der Waals surface area contributed by atoms with Gasteiger partial charge in [0.05, 0.1) is 17.2 Å². The van der Waals surface area contributed by atoms with Crippen molar-refractivity contribution in [1.82, 2.24) is 29.4 Å². The van der Waals surface area contributed by atoms with Crippen molar-refractivity contribution in [2.45, 2.75) is 19.9 Å². The number of likely N-dealkylation sites (N-methyl/N-ethyl adjacent to an activating group) is 1. The number of pyridine rings is 1. The summed E-state index contributed by atoms with van der Waals surface area (Å²) in [4.78, 5) is 33.4. The van der Waals surface area contributed by atoms with Gasteiger partial charge < -0.3 is 19.4 Å². The molecule has 0 atom stereocenters. The summed E-state index contributed by atoms with van der Waals surface area (Å²) < 4.78 is 1.70. The van der Waals surface area contributed by atoms with Gasteiger partial charge >= 0.3 is 0 Å². The van der Waals surface area contributed by atoms with E-state index in [0.29, 0.717) is 23.4 Å². The van der Waals surface area contributed by atoms with Crippen LogP contribution in [0, 0.1) is 0 Å². The first-order valence-electron chi connectivity index (χ1n) is 9.05. The highest BCUT2D eigenvalue weighted by atomic mass is 16.1. The molecule has 0 bridgehead atoms. The third-order valence-electron chi connectivity index (χ3n) is 4.99. The smallest absolute Gasteiger partial charge is 0.261 e. The van der Waals surface area contributed by atoms with Crippen molar-refractivity contribution < 1.29 is 0 Å². The zero-order valence-corrected chi connectivity index (χ0v) is 14.9. The Labute approximate surface area is 151 Å². The lowest BCUT2D eigenvalue weighted by Gasteiger charge is -2.34. The average molecular weight is 353 g/mol. The molecule has 0 radical (unpaired) electrons. The van der Waals surface area contributed by atoms with E-state index in [0.717, 1.165) is 44.8 Å². The molecule has 1 saturated heterocycles. The third kappa shape index (κ3) is 3.32. The number of imidazole rings is 1. The van der Waals surface area contributed by atoms with Crippen LogP contribution in [0.1, 0.15) is 12.6 Å². The Bertz CT molecular complexity index is 926. The van der Waals surface area contributed by atoms with Crippen molar-refractivity contribution in [2.75, 3.05) is 37.6 Å². The monoisotopic (exact) mass is 353 g/mol. The summed E-state index contributed by atoms with van der Waals surface area (Å²) in [5, 5.41) is 0.563. The van der Waals surface area contributed by atoms with E-state index in [4.69, 9.17) is 0 Å². The number of aromatic amines is 1. The van der Waals surface area contributed by atoms with Crippen molar-refractivity contribution in [1.29, 1.82) is 0 Å². The molecule has 1 aliphatic heterocycles. The number of aryl methyl sites for hydroxylation is 2. The Balaban J connectivity index is 1.54. The number of piperazine rings is 1. The molecule has 0 aliphatic carbocycles. The number of fused-ring (bicyclic) bond motifs is 1. The minimum Gasteiger partial charge on any atom is -0.348 e. The second kappa shape index (κ2) is 7.25. The van der Waals surface area contributed by atoms with E-state index in [1.54, 1.807) is 23.3 Å². The van der Waals surface area contributed by atoms with Crippen molar-refractivity contribution in [3.05, 3.63) is 47.0 Å². The predicted octanol–water partition coefficient (Wildman–Crippen LogP) is 0.899. The lowest BCUT2D eigenvalue weighted by molar-refractivity contribution is 0.270. The summed E-state index contributed by atoms with van der Waals surface area (Å²) in [6.07, 6.45) is 7.63. The summed E-state index contributed by atoms with van der Waals surface area (Å²) in [5.41, 5.74) is 1.66. The van der Waals surface area contributed by atoms with E-state index in [1.807, 2.05) is 12.3 Å². The molecule has 1 aliphatic rings. The highest BCUT2D eigenvalue weighted by Crippen LogP contribution is 2.14. The second-order valence-electron chi connectivity index (χ2n) is 6.53. The van der Waals surface area contributed by atoms with Crippen LogP contribution in [0.2, 0.25) is 0 Å². The molecule has 26 heavy (non-hydrogen) atoms. The molecule has 3 aromatic rings. The summed E-state index contributed by atoms with van der Waals surface area (Å²) in [7, 11) is 0. The topological polar surface area (TPSA) is 82.9 Å². The molecule has 3 aromatic heterocycles. The van der Waals surface area contributed by atoms with Gasteiger partial charge in [-0.15, -0.1) is 0 Å². The minimum atomic E-state index is -0.0515. The molecule has 4 rings (SSSR count). The van der Waals surface area contributed by atoms with Crippen LogP contribution in [-0.2, 0) is 13.0 Å². The van der Waals surface area contributed by atoms with Crippen LogP contribution in [0.3, 0.4) is 0 Å². The average Bonchev–Trinajstić information content (AvgIpc) is 3.21. The molecule has 8 heteroatoms. The SMILES string of the molecule is CCN1CCN(c2ncc3c(=O)n(CCc4cnc[nH]4)ccc3n2)CC1. The fraction of sp³-hybridized carbons (Fsp3) is 0.444. The summed E-state index contributed by atoms with van der Waals surface area (Å²) in [5.74, 6) is 0.711. The molecule has 0 spiro atoms. The molecule has 1 fully saturated rings. The van der Waals surface area contributed by atoms with Crippen LogP contribution in [-0.4, -0.2) is 62.1 Å². The van der Waals surface area contributed by atoms with Crippen LogP contribution < -0.4 is 10.5 Å². The Morgan fingerprint density at radius 2 is 2.04 bits per heavy atom. The van der Waals surface area contributed by atoms with Crippen LogP contribution in [0.25, 0.3) is 10.9 Å².